The van der Waals surface area contributed by atoms with Crippen LogP contribution in [-0.2, 0) is 15.1 Å². The molecule has 0 aromatic rings. The van der Waals surface area contributed by atoms with Crippen molar-refractivity contribution < 1.29 is 38.2 Å². The minimum Gasteiger partial charge on any atom is -0.394 e. The molecule has 0 aromatic carbocycles. The second-order valence-electron chi connectivity index (χ2n) is 2.99. The van der Waals surface area contributed by atoms with Gasteiger partial charge in [-0.3, -0.25) is 4.55 Å². The highest BCUT2D eigenvalue weighted by molar-refractivity contribution is 7.83. The Morgan fingerprint density at radius 3 is 2.00 bits per heavy atom. The Balaban J connectivity index is 4.65. The summed E-state index contributed by atoms with van der Waals surface area (Å²) in [5, 5.41) is 35.8. The van der Waals surface area contributed by atoms with Gasteiger partial charge < -0.3 is 25.2 Å². The number of nitrogens with one attached hydrogen (secondary N) is 1. The third kappa shape index (κ3) is 4.94. The fraction of sp³-hybridized carbons (Fsp3) is 0.833. The number of aliphatic hydroxyl groups excluding tert-OH is 4. The van der Waals surface area contributed by atoms with E-state index < -0.39 is 41.3 Å². The molecule has 10 heteroatoms. The van der Waals surface area contributed by atoms with Gasteiger partial charge in [0, 0.05) is 0 Å². The van der Waals surface area contributed by atoms with E-state index in [1.807, 2.05) is 0 Å². The average Bonchev–Trinajstić information content (AvgIpc) is 2.21. The van der Waals surface area contributed by atoms with Crippen LogP contribution < -0.4 is 4.72 Å². The molecule has 0 unspecified atom stereocenters. The second kappa shape index (κ2) is 6.20. The van der Waals surface area contributed by atoms with Crippen LogP contribution in [0.25, 0.3) is 0 Å². The Morgan fingerprint density at radius 2 is 1.69 bits per heavy atom. The Hall–Kier alpha value is -0.620. The summed E-state index contributed by atoms with van der Waals surface area (Å²) in [6.45, 7) is -0.893. The van der Waals surface area contributed by atoms with E-state index in [9.17, 15) is 18.3 Å². The van der Waals surface area contributed by atoms with Crippen molar-refractivity contribution in [2.45, 2.75) is 24.4 Å². The zero-order valence-corrected chi connectivity index (χ0v) is 8.78. The normalized spacial score (nSPS) is 19.8. The van der Waals surface area contributed by atoms with E-state index in [1.165, 1.54) is 4.72 Å². The summed E-state index contributed by atoms with van der Waals surface area (Å²) in [4.78, 5) is 10.4. The van der Waals surface area contributed by atoms with Gasteiger partial charge in [-0.05, 0) is 0 Å². The molecule has 0 rings (SSSR count). The van der Waals surface area contributed by atoms with Crippen molar-refractivity contribution in [3.05, 3.63) is 0 Å². The van der Waals surface area contributed by atoms with Gasteiger partial charge in [-0.2, -0.15) is 13.1 Å². The molecule has 0 bridgehead atoms. The smallest absolute Gasteiger partial charge is 0.334 e. The molecular weight excluding hydrogens is 246 g/mol. The van der Waals surface area contributed by atoms with Crippen LogP contribution in [0.5, 0.6) is 0 Å². The quantitative estimate of drug-likeness (QED) is 0.199. The number of hydrogen-bond donors (Lipinski definition) is 6. The summed E-state index contributed by atoms with van der Waals surface area (Å²) in [6.07, 6.45) is -5.79. The van der Waals surface area contributed by atoms with Crippen LogP contribution in [0.2, 0.25) is 0 Å². The van der Waals surface area contributed by atoms with Crippen molar-refractivity contribution in [3.63, 3.8) is 0 Å². The lowest BCUT2D eigenvalue weighted by Gasteiger charge is -2.25. The molecule has 9 nitrogen and oxygen atoms in total. The van der Waals surface area contributed by atoms with Crippen molar-refractivity contribution in [1.29, 1.82) is 0 Å². The molecule has 0 amide bonds. The highest BCUT2D eigenvalue weighted by Gasteiger charge is 2.32. The van der Waals surface area contributed by atoms with E-state index in [-0.39, 0.29) is 6.29 Å². The molecule has 0 heterocycles. The zero-order valence-electron chi connectivity index (χ0n) is 7.96. The molecule has 0 aliphatic carbocycles. The summed E-state index contributed by atoms with van der Waals surface area (Å²) in [5.41, 5.74) is 0. The monoisotopic (exact) mass is 259 g/mol. The predicted molar refractivity (Wildman–Crippen MR) is 49.6 cm³/mol. The molecule has 0 aromatic heterocycles. The van der Waals surface area contributed by atoms with Crippen LogP contribution in [0, 0.1) is 0 Å². The van der Waals surface area contributed by atoms with Gasteiger partial charge in [-0.1, -0.05) is 0 Å². The van der Waals surface area contributed by atoms with E-state index >= 15 is 0 Å². The lowest BCUT2D eigenvalue weighted by molar-refractivity contribution is -0.119. The van der Waals surface area contributed by atoms with Crippen molar-refractivity contribution in [1.82, 2.24) is 4.72 Å². The predicted octanol–water partition coefficient (Wildman–Crippen LogP) is -3.98. The Bertz CT molecular complexity index is 316. The first-order chi connectivity index (χ1) is 7.22. The van der Waals surface area contributed by atoms with Crippen LogP contribution in [0.15, 0.2) is 0 Å². The van der Waals surface area contributed by atoms with Crippen LogP contribution in [0.3, 0.4) is 0 Å². The van der Waals surface area contributed by atoms with Gasteiger partial charge in [0.1, 0.15) is 30.6 Å². The number of carbonyl (C=O) groups excluding carboxylic acids is 1. The van der Waals surface area contributed by atoms with E-state index in [1.54, 1.807) is 0 Å². The standard InChI is InChI=1S/C6H13NO8S/c8-1-3(7-16(13,14)15)5(11)6(12)4(10)2-9/h1,3-7,9-12H,2H2,(H,13,14,15)/t3-,4-,5-,6-/m0/s1. The molecule has 96 valence electrons. The van der Waals surface area contributed by atoms with Gasteiger partial charge in [0.05, 0.1) is 6.61 Å². The maximum atomic E-state index is 10.4. The molecular formula is C6H13NO8S. The number of hydrogen-bond acceptors (Lipinski definition) is 7. The van der Waals surface area contributed by atoms with Gasteiger partial charge in [0.15, 0.2) is 0 Å². The molecule has 0 saturated carbocycles. The number of aldehydes is 1. The first kappa shape index (κ1) is 15.4. The van der Waals surface area contributed by atoms with Crippen LogP contribution in [-0.4, -0.2) is 70.6 Å². The molecule has 0 radical (unpaired) electrons. The maximum absolute atomic E-state index is 10.4. The van der Waals surface area contributed by atoms with Crippen molar-refractivity contribution >= 4 is 16.6 Å². The SMILES string of the molecule is O=C[C@H](NS(=O)(=O)O)[C@H](O)[C@@H](O)[C@@H](O)CO. The largest absolute Gasteiger partial charge is 0.394 e. The van der Waals surface area contributed by atoms with Gasteiger partial charge in [-0.25, -0.2) is 0 Å². The summed E-state index contributed by atoms with van der Waals surface area (Å²) >= 11 is 0. The number of carbonyl (C=O) groups is 1. The molecule has 0 aliphatic rings. The second-order valence-corrected chi connectivity index (χ2v) is 4.17. The Labute approximate surface area is 91.2 Å². The zero-order chi connectivity index (χ0) is 12.9. The van der Waals surface area contributed by atoms with Gasteiger partial charge in [0.25, 0.3) is 0 Å². The first-order valence-corrected chi connectivity index (χ1v) is 5.52. The van der Waals surface area contributed by atoms with Crippen LogP contribution in [0.1, 0.15) is 0 Å². The lowest BCUT2D eigenvalue weighted by atomic mass is 10.0. The molecule has 0 fully saturated rings. The molecule has 0 saturated heterocycles. The van der Waals surface area contributed by atoms with E-state index in [4.69, 9.17) is 19.9 Å². The van der Waals surface area contributed by atoms with E-state index in [0.717, 1.165) is 0 Å². The summed E-state index contributed by atoms with van der Waals surface area (Å²) in [5.74, 6) is 0. The minimum absolute atomic E-state index is 0.0776. The number of rotatable bonds is 7. The van der Waals surface area contributed by atoms with Crippen molar-refractivity contribution in [2.24, 2.45) is 0 Å². The van der Waals surface area contributed by atoms with Crippen molar-refractivity contribution in [3.8, 4) is 0 Å². The van der Waals surface area contributed by atoms with Gasteiger partial charge in [-0.15, -0.1) is 0 Å². The average molecular weight is 259 g/mol. The maximum Gasteiger partial charge on any atom is 0.334 e. The topological polar surface area (TPSA) is 164 Å². The fourth-order valence-corrected chi connectivity index (χ4v) is 1.44. The summed E-state index contributed by atoms with van der Waals surface area (Å²) in [7, 11) is -4.74. The highest BCUT2D eigenvalue weighted by atomic mass is 32.2. The van der Waals surface area contributed by atoms with Crippen LogP contribution >= 0.6 is 0 Å². The molecule has 16 heavy (non-hydrogen) atoms. The molecule has 0 spiro atoms. The van der Waals surface area contributed by atoms with Gasteiger partial charge >= 0.3 is 10.3 Å². The van der Waals surface area contributed by atoms with Gasteiger partial charge in [0.2, 0.25) is 0 Å². The summed E-state index contributed by atoms with van der Waals surface area (Å²) in [6, 6.07) is -1.84. The third-order valence-corrected chi connectivity index (χ3v) is 2.30. The Morgan fingerprint density at radius 1 is 1.19 bits per heavy atom. The molecule has 0 aliphatic heterocycles. The van der Waals surface area contributed by atoms with Crippen molar-refractivity contribution in [2.75, 3.05) is 6.61 Å². The fourth-order valence-electron chi connectivity index (χ4n) is 0.898. The number of aliphatic hydroxyl groups is 4. The molecule has 4 atom stereocenters. The summed E-state index contributed by atoms with van der Waals surface area (Å²) < 4.78 is 30.4. The minimum atomic E-state index is -4.74. The van der Waals surface area contributed by atoms with E-state index in [2.05, 4.69) is 0 Å². The van der Waals surface area contributed by atoms with E-state index in [0.29, 0.717) is 0 Å². The lowest BCUT2D eigenvalue weighted by Crippen LogP contribution is -2.53. The molecule has 6 N–H and O–H groups in total. The first-order valence-electron chi connectivity index (χ1n) is 4.08. The van der Waals surface area contributed by atoms with Crippen LogP contribution in [0.4, 0.5) is 0 Å². The third-order valence-electron chi connectivity index (χ3n) is 1.73. The highest BCUT2D eigenvalue weighted by Crippen LogP contribution is 2.04. The Kier molecular flexibility index (Phi) is 5.96.